The van der Waals surface area contributed by atoms with Crippen molar-refractivity contribution >= 4 is 12.2 Å². The van der Waals surface area contributed by atoms with Crippen molar-refractivity contribution in [3.63, 3.8) is 0 Å². The van der Waals surface area contributed by atoms with Crippen LogP contribution in [0.2, 0.25) is 0 Å². The van der Waals surface area contributed by atoms with Crippen molar-refractivity contribution in [2.24, 2.45) is 0 Å². The second-order valence-electron chi connectivity index (χ2n) is 4.86. The van der Waals surface area contributed by atoms with Gasteiger partial charge < -0.3 is 0 Å². The molecule has 0 aliphatic rings. The van der Waals surface area contributed by atoms with E-state index in [4.69, 9.17) is 0 Å². The van der Waals surface area contributed by atoms with Crippen molar-refractivity contribution in [3.05, 3.63) is 60.2 Å². The summed E-state index contributed by atoms with van der Waals surface area (Å²) in [7, 11) is 0. The van der Waals surface area contributed by atoms with Gasteiger partial charge >= 0.3 is 0 Å². The standard InChI is InChI=1S/C16H20/c1-6-8-11-14-13(7-2)10-9-12-15(14)16(3,4)5/h6-12H,1-2H2,3-5H3/b11-8-. The Bertz CT molecular complexity index is 414. The lowest BCUT2D eigenvalue weighted by Crippen LogP contribution is -2.13. The first-order chi connectivity index (χ1) is 7.50. The molecule has 0 aliphatic heterocycles. The Morgan fingerprint density at radius 1 is 1.12 bits per heavy atom. The fourth-order valence-corrected chi connectivity index (χ4v) is 1.77. The first kappa shape index (κ1) is 12.5. The number of hydrogen-bond acceptors (Lipinski definition) is 0. The van der Waals surface area contributed by atoms with Crippen LogP contribution < -0.4 is 0 Å². The second kappa shape index (κ2) is 4.98. The fraction of sp³-hybridized carbons (Fsp3) is 0.250. The van der Waals surface area contributed by atoms with Gasteiger partial charge in [-0.1, -0.05) is 76.4 Å². The molecule has 0 unspecified atom stereocenters. The third kappa shape index (κ3) is 2.73. The van der Waals surface area contributed by atoms with Gasteiger partial charge in [0.1, 0.15) is 0 Å². The van der Waals surface area contributed by atoms with E-state index in [-0.39, 0.29) is 5.41 Å². The molecule has 0 aliphatic carbocycles. The van der Waals surface area contributed by atoms with Gasteiger partial charge in [-0.25, -0.2) is 0 Å². The van der Waals surface area contributed by atoms with Crippen LogP contribution in [-0.4, -0.2) is 0 Å². The highest BCUT2D eigenvalue weighted by Crippen LogP contribution is 2.29. The number of allylic oxidation sites excluding steroid dienone is 2. The van der Waals surface area contributed by atoms with Crippen molar-refractivity contribution < 1.29 is 0 Å². The van der Waals surface area contributed by atoms with Crippen LogP contribution >= 0.6 is 0 Å². The molecule has 0 saturated carbocycles. The molecular formula is C16H20. The molecular weight excluding hydrogens is 192 g/mol. The quantitative estimate of drug-likeness (QED) is 0.630. The first-order valence-electron chi connectivity index (χ1n) is 5.55. The van der Waals surface area contributed by atoms with E-state index < -0.39 is 0 Å². The maximum atomic E-state index is 3.86. The normalized spacial score (nSPS) is 11.7. The van der Waals surface area contributed by atoms with Crippen LogP contribution in [0, 0.1) is 0 Å². The summed E-state index contributed by atoms with van der Waals surface area (Å²) < 4.78 is 0. The van der Waals surface area contributed by atoms with E-state index in [0.29, 0.717) is 0 Å². The van der Waals surface area contributed by atoms with Crippen LogP contribution in [0.4, 0.5) is 0 Å². The molecule has 0 saturated heterocycles. The lowest BCUT2D eigenvalue weighted by atomic mass is 9.82. The molecule has 0 radical (unpaired) electrons. The Labute approximate surface area is 99.0 Å². The van der Waals surface area contributed by atoms with E-state index in [1.165, 1.54) is 16.7 Å². The zero-order valence-electron chi connectivity index (χ0n) is 10.5. The lowest BCUT2D eigenvalue weighted by molar-refractivity contribution is 0.589. The van der Waals surface area contributed by atoms with Gasteiger partial charge in [0.05, 0.1) is 0 Å². The molecule has 0 atom stereocenters. The summed E-state index contributed by atoms with van der Waals surface area (Å²) in [5.41, 5.74) is 3.89. The van der Waals surface area contributed by atoms with E-state index in [9.17, 15) is 0 Å². The van der Waals surface area contributed by atoms with Crippen molar-refractivity contribution in [2.75, 3.05) is 0 Å². The van der Waals surface area contributed by atoms with Crippen molar-refractivity contribution in [3.8, 4) is 0 Å². The van der Waals surface area contributed by atoms with Crippen LogP contribution in [0.25, 0.3) is 12.2 Å². The average molecular weight is 212 g/mol. The Balaban J connectivity index is 3.43. The second-order valence-corrected chi connectivity index (χ2v) is 4.86. The predicted molar refractivity (Wildman–Crippen MR) is 74.5 cm³/mol. The zero-order valence-corrected chi connectivity index (χ0v) is 10.5. The molecule has 0 nitrogen and oxygen atoms in total. The maximum Gasteiger partial charge on any atom is -0.0126 e. The van der Waals surface area contributed by atoms with Crippen LogP contribution in [0.3, 0.4) is 0 Å². The molecule has 0 bridgehead atoms. The van der Waals surface area contributed by atoms with Crippen molar-refractivity contribution in [2.45, 2.75) is 26.2 Å². The zero-order chi connectivity index (χ0) is 12.2. The Hall–Kier alpha value is -1.56. The minimum Gasteiger partial charge on any atom is -0.0991 e. The molecule has 1 aromatic rings. The van der Waals surface area contributed by atoms with Crippen molar-refractivity contribution in [1.82, 2.24) is 0 Å². The van der Waals surface area contributed by atoms with E-state index in [1.54, 1.807) is 6.08 Å². The van der Waals surface area contributed by atoms with Crippen LogP contribution in [0.15, 0.2) is 43.5 Å². The molecule has 0 heterocycles. The minimum absolute atomic E-state index is 0.139. The lowest BCUT2D eigenvalue weighted by Gasteiger charge is -2.23. The van der Waals surface area contributed by atoms with Gasteiger partial charge in [0.15, 0.2) is 0 Å². The summed E-state index contributed by atoms with van der Waals surface area (Å²) in [6.07, 6.45) is 7.77. The Morgan fingerprint density at radius 2 is 1.81 bits per heavy atom. The summed E-state index contributed by atoms with van der Waals surface area (Å²) in [6.45, 7) is 14.2. The molecule has 0 fully saturated rings. The summed E-state index contributed by atoms with van der Waals surface area (Å²) in [6, 6.07) is 6.35. The maximum absolute atomic E-state index is 3.86. The molecule has 0 spiro atoms. The Morgan fingerprint density at radius 3 is 2.31 bits per heavy atom. The molecule has 0 amide bonds. The van der Waals surface area contributed by atoms with E-state index in [2.05, 4.69) is 58.2 Å². The predicted octanol–water partition coefficient (Wildman–Crippen LogP) is 4.83. The number of hydrogen-bond donors (Lipinski definition) is 0. The molecule has 1 rings (SSSR count). The average Bonchev–Trinajstić information content (AvgIpc) is 2.24. The highest BCUT2D eigenvalue weighted by molar-refractivity contribution is 5.68. The van der Waals surface area contributed by atoms with Gasteiger partial charge in [-0.3, -0.25) is 0 Å². The third-order valence-electron chi connectivity index (χ3n) is 2.57. The van der Waals surface area contributed by atoms with Crippen LogP contribution in [0.5, 0.6) is 0 Å². The van der Waals surface area contributed by atoms with Gasteiger partial charge in [-0.2, -0.15) is 0 Å². The largest absolute Gasteiger partial charge is 0.0991 e. The number of benzene rings is 1. The highest BCUT2D eigenvalue weighted by atomic mass is 14.2. The monoisotopic (exact) mass is 212 g/mol. The smallest absolute Gasteiger partial charge is 0.0126 e. The Kier molecular flexibility index (Phi) is 3.89. The summed E-state index contributed by atoms with van der Waals surface area (Å²) >= 11 is 0. The van der Waals surface area contributed by atoms with E-state index in [1.807, 2.05) is 12.2 Å². The third-order valence-corrected chi connectivity index (χ3v) is 2.57. The van der Waals surface area contributed by atoms with E-state index >= 15 is 0 Å². The molecule has 84 valence electrons. The summed E-state index contributed by atoms with van der Waals surface area (Å²) in [5.74, 6) is 0. The topological polar surface area (TPSA) is 0 Å². The summed E-state index contributed by atoms with van der Waals surface area (Å²) in [4.78, 5) is 0. The summed E-state index contributed by atoms with van der Waals surface area (Å²) in [5, 5.41) is 0. The molecule has 0 heteroatoms. The molecule has 0 N–H and O–H groups in total. The fourth-order valence-electron chi connectivity index (χ4n) is 1.77. The van der Waals surface area contributed by atoms with Gasteiger partial charge in [0.2, 0.25) is 0 Å². The minimum atomic E-state index is 0.139. The molecule has 1 aromatic carbocycles. The number of rotatable bonds is 3. The highest BCUT2D eigenvalue weighted by Gasteiger charge is 2.17. The molecule has 0 aromatic heterocycles. The van der Waals surface area contributed by atoms with Crippen LogP contribution in [-0.2, 0) is 5.41 Å². The van der Waals surface area contributed by atoms with Gasteiger partial charge in [-0.05, 0) is 22.1 Å². The van der Waals surface area contributed by atoms with Gasteiger partial charge in [0.25, 0.3) is 0 Å². The van der Waals surface area contributed by atoms with E-state index in [0.717, 1.165) is 0 Å². The SMILES string of the molecule is C=C/C=C\c1c(C=C)cccc1C(C)(C)C. The first-order valence-corrected chi connectivity index (χ1v) is 5.55. The van der Waals surface area contributed by atoms with Crippen LogP contribution in [0.1, 0.15) is 37.5 Å². The van der Waals surface area contributed by atoms with Gasteiger partial charge in [-0.15, -0.1) is 0 Å². The molecule has 16 heavy (non-hydrogen) atoms. The van der Waals surface area contributed by atoms with Crippen molar-refractivity contribution in [1.29, 1.82) is 0 Å². The van der Waals surface area contributed by atoms with Gasteiger partial charge in [0, 0.05) is 0 Å².